The number of piperidine rings is 1. The Labute approximate surface area is 355 Å². The summed E-state index contributed by atoms with van der Waals surface area (Å²) in [6, 6.07) is 10.6. The highest BCUT2D eigenvalue weighted by molar-refractivity contribution is 6.33. The van der Waals surface area contributed by atoms with Gasteiger partial charge in [-0.3, -0.25) is 24.4 Å². The predicted octanol–water partition coefficient (Wildman–Crippen LogP) is 7.24. The number of hydrogen-bond donors (Lipinski definition) is 4. The number of alkyl halides is 2. The molecule has 1 spiro atoms. The van der Waals surface area contributed by atoms with Gasteiger partial charge in [-0.25, -0.2) is 13.8 Å². The Balaban J connectivity index is 0.847. The maximum atomic E-state index is 15.2. The number of nitrogens with one attached hydrogen (secondary N) is 4. The quantitative estimate of drug-likeness (QED) is 0.122. The van der Waals surface area contributed by atoms with Crippen molar-refractivity contribution < 1.29 is 23.1 Å². The lowest BCUT2D eigenvalue weighted by Gasteiger charge is -2.52. The monoisotopic (exact) mass is 854 g/mol. The molecule has 0 bridgehead atoms. The van der Waals surface area contributed by atoms with Crippen LogP contribution in [0.4, 0.5) is 37.6 Å². The largest absolute Gasteiger partial charge is 0.480 e. The van der Waals surface area contributed by atoms with E-state index in [4.69, 9.17) is 26.4 Å². The highest BCUT2D eigenvalue weighted by atomic mass is 35.5. The van der Waals surface area contributed by atoms with E-state index in [1.54, 1.807) is 25.4 Å². The summed E-state index contributed by atoms with van der Waals surface area (Å²) in [6.07, 6.45) is 9.00. The molecule has 1 unspecified atom stereocenters. The van der Waals surface area contributed by atoms with Gasteiger partial charge in [-0.15, -0.1) is 0 Å². The van der Waals surface area contributed by atoms with E-state index >= 15 is 8.78 Å². The van der Waals surface area contributed by atoms with Crippen molar-refractivity contribution in [2.45, 2.75) is 88.6 Å². The van der Waals surface area contributed by atoms with Crippen molar-refractivity contribution >= 4 is 74.0 Å². The lowest BCUT2D eigenvalue weighted by atomic mass is 9.68. The Morgan fingerprint density at radius 1 is 1.00 bits per heavy atom. The summed E-state index contributed by atoms with van der Waals surface area (Å²) in [5.74, 6) is -2.94. The first-order valence-electron chi connectivity index (χ1n) is 21.3. The molecular formula is C44H49ClF2N10O4. The minimum Gasteiger partial charge on any atom is -0.480 e. The van der Waals surface area contributed by atoms with Crippen LogP contribution in [0.1, 0.15) is 76.3 Å². The first-order chi connectivity index (χ1) is 29.3. The van der Waals surface area contributed by atoms with Crippen molar-refractivity contribution in [1.82, 2.24) is 29.6 Å². The molecule has 4 fully saturated rings. The second kappa shape index (κ2) is 14.8. The SMILES string of the molecule is C[C@H]1CCC2(CC[C@H](Nc3cccc4c(C5CCC(=O)NC5=O)nn(C)c34)C1)CN(c1ncc(Cl)c(Nc3ccc4c(c3)c3c(c(=O)n4C)OCC(F)(F)[C@H](C4CC4)N3)n1)C2. The summed E-state index contributed by atoms with van der Waals surface area (Å²) in [7, 11) is 3.51. The van der Waals surface area contributed by atoms with Crippen LogP contribution in [0, 0.1) is 17.3 Å². The van der Waals surface area contributed by atoms with Crippen LogP contribution in [-0.2, 0) is 23.7 Å². The molecular weight excluding hydrogens is 806 g/mol. The van der Waals surface area contributed by atoms with Crippen molar-refractivity contribution in [1.29, 1.82) is 0 Å². The molecule has 2 amide bonds. The van der Waals surface area contributed by atoms with Gasteiger partial charge in [-0.1, -0.05) is 30.7 Å². The van der Waals surface area contributed by atoms with Crippen LogP contribution in [0.25, 0.3) is 21.8 Å². The molecule has 2 saturated heterocycles. The first kappa shape index (κ1) is 39.6. The minimum atomic E-state index is -3.14. The van der Waals surface area contributed by atoms with E-state index in [0.29, 0.717) is 70.7 Å². The number of aryl methyl sites for hydroxylation is 2. The van der Waals surface area contributed by atoms with E-state index in [9.17, 15) is 14.4 Å². The number of para-hydroxylation sites is 1. The number of amides is 2. The van der Waals surface area contributed by atoms with Crippen LogP contribution >= 0.6 is 11.6 Å². The Hall–Kier alpha value is -5.51. The van der Waals surface area contributed by atoms with Gasteiger partial charge in [0.05, 0.1) is 46.3 Å². The Kier molecular flexibility index (Phi) is 9.64. The van der Waals surface area contributed by atoms with Crippen LogP contribution in [0.2, 0.25) is 5.02 Å². The van der Waals surface area contributed by atoms with E-state index in [1.807, 2.05) is 29.9 Å². The molecule has 2 aromatic carbocycles. The lowest BCUT2D eigenvalue weighted by Crippen LogP contribution is -2.58. The number of halogens is 3. The van der Waals surface area contributed by atoms with Crippen LogP contribution < -0.4 is 36.5 Å². The van der Waals surface area contributed by atoms with Crippen molar-refractivity contribution in [2.24, 2.45) is 31.3 Å². The number of ether oxygens (including phenoxy) is 1. The molecule has 0 radical (unpaired) electrons. The number of imide groups is 1. The summed E-state index contributed by atoms with van der Waals surface area (Å²) < 4.78 is 39.2. The molecule has 320 valence electrons. The molecule has 14 nitrogen and oxygen atoms in total. The van der Waals surface area contributed by atoms with Gasteiger partial charge < -0.3 is 30.2 Å². The maximum absolute atomic E-state index is 15.2. The minimum absolute atomic E-state index is 0.110. The van der Waals surface area contributed by atoms with E-state index in [0.717, 1.165) is 61.8 Å². The van der Waals surface area contributed by atoms with Crippen LogP contribution in [-0.4, -0.2) is 73.8 Å². The molecule has 3 aromatic heterocycles. The van der Waals surface area contributed by atoms with Crippen LogP contribution in [0.15, 0.2) is 47.4 Å². The number of anilines is 5. The standard InChI is InChI=1S/C44H49ClF2N10O4/c1-23-13-15-43(16-14-26(17-23)49-31-6-4-5-27-34(54-56(3)36(27)31)28-10-12-33(58)51-40(28)59)20-57(21-43)42-48-19-30(45)39(53-42)50-25-9-11-32-29(18-25)35-37(41(60)55(32)2)61-22-44(46,47)38(52-35)24-7-8-24/h4-6,9,11,18-19,23-24,26,28,38,49,52H,7-8,10,12-17,20-22H2,1-3H3,(H,48,50,53)(H,51,58,59)/t23-,26-,28?,38-/m0/s1. The molecule has 5 aliphatic rings. The number of rotatable bonds is 7. The zero-order valence-corrected chi connectivity index (χ0v) is 35.1. The molecule has 10 rings (SSSR count). The summed E-state index contributed by atoms with van der Waals surface area (Å²) in [5, 5.41) is 19.3. The van der Waals surface area contributed by atoms with Crippen molar-refractivity contribution in [3.05, 3.63) is 63.7 Å². The number of fused-ring (bicyclic) bond motifs is 4. The number of hydrogen-bond acceptors (Lipinski definition) is 11. The molecule has 3 aliphatic heterocycles. The summed E-state index contributed by atoms with van der Waals surface area (Å²) >= 11 is 6.68. The third-order valence-corrected chi connectivity index (χ3v) is 13.9. The fourth-order valence-electron chi connectivity index (χ4n) is 10.2. The summed E-state index contributed by atoms with van der Waals surface area (Å²) in [4.78, 5) is 49.6. The highest BCUT2D eigenvalue weighted by Crippen LogP contribution is 2.47. The van der Waals surface area contributed by atoms with Crippen molar-refractivity contribution in [3.8, 4) is 5.75 Å². The fourth-order valence-corrected chi connectivity index (χ4v) is 10.3. The highest BCUT2D eigenvalue weighted by Gasteiger charge is 2.51. The van der Waals surface area contributed by atoms with E-state index in [-0.39, 0.29) is 40.6 Å². The molecule has 5 aromatic rings. The normalized spacial score (nSPS) is 24.8. The lowest BCUT2D eigenvalue weighted by molar-refractivity contribution is -0.134. The van der Waals surface area contributed by atoms with Crippen molar-refractivity contribution in [2.75, 3.05) is 40.5 Å². The third-order valence-electron chi connectivity index (χ3n) is 13.6. The van der Waals surface area contributed by atoms with Gasteiger partial charge in [0.2, 0.25) is 23.5 Å². The average molecular weight is 855 g/mol. The fraction of sp³-hybridized carbons (Fsp3) is 0.500. The second-order valence-corrected chi connectivity index (χ2v) is 18.5. The zero-order chi connectivity index (χ0) is 42.4. The molecule has 2 saturated carbocycles. The van der Waals surface area contributed by atoms with E-state index < -0.39 is 30.0 Å². The Morgan fingerprint density at radius 2 is 1.80 bits per heavy atom. The van der Waals surface area contributed by atoms with E-state index in [2.05, 4.69) is 44.1 Å². The van der Waals surface area contributed by atoms with Gasteiger partial charge in [0.25, 0.3) is 5.56 Å². The van der Waals surface area contributed by atoms with Gasteiger partial charge in [-0.05, 0) is 87.5 Å². The number of benzene rings is 2. The number of aromatic nitrogens is 5. The molecule has 6 heterocycles. The maximum Gasteiger partial charge on any atom is 0.301 e. The molecule has 61 heavy (non-hydrogen) atoms. The molecule has 4 atom stereocenters. The van der Waals surface area contributed by atoms with Gasteiger partial charge in [0.15, 0.2) is 12.4 Å². The molecule has 4 N–H and O–H groups in total. The zero-order valence-electron chi connectivity index (χ0n) is 34.4. The van der Waals surface area contributed by atoms with Crippen LogP contribution in [0.5, 0.6) is 5.75 Å². The van der Waals surface area contributed by atoms with Crippen LogP contribution in [0.3, 0.4) is 0 Å². The van der Waals surface area contributed by atoms with E-state index in [1.165, 1.54) is 4.57 Å². The van der Waals surface area contributed by atoms with Gasteiger partial charge in [0.1, 0.15) is 5.02 Å². The Morgan fingerprint density at radius 3 is 2.59 bits per heavy atom. The van der Waals surface area contributed by atoms with Gasteiger partial charge in [0, 0.05) is 61.5 Å². The summed E-state index contributed by atoms with van der Waals surface area (Å²) in [5.41, 5.74) is 3.74. The average Bonchev–Trinajstić information content (AvgIpc) is 4.01. The molecule has 17 heteroatoms. The smallest absolute Gasteiger partial charge is 0.301 e. The first-order valence-corrected chi connectivity index (χ1v) is 21.7. The van der Waals surface area contributed by atoms with Crippen molar-refractivity contribution in [3.63, 3.8) is 0 Å². The number of carbonyl (C=O) groups is 2. The summed E-state index contributed by atoms with van der Waals surface area (Å²) in [6.45, 7) is 3.09. The topological polar surface area (TPSA) is 160 Å². The third kappa shape index (κ3) is 7.19. The number of nitrogens with zero attached hydrogens (tertiary/aromatic N) is 6. The molecule has 2 aliphatic carbocycles. The number of carbonyl (C=O) groups excluding carboxylic acids is 2. The predicted molar refractivity (Wildman–Crippen MR) is 230 cm³/mol. The van der Waals surface area contributed by atoms with Gasteiger partial charge in [-0.2, -0.15) is 10.1 Å². The second-order valence-electron chi connectivity index (χ2n) is 18.1. The van der Waals surface area contributed by atoms with Gasteiger partial charge >= 0.3 is 5.92 Å². The Bertz CT molecular complexity index is 2660. The number of pyridine rings is 1.